The van der Waals surface area contributed by atoms with Crippen molar-refractivity contribution in [1.29, 1.82) is 0 Å². The average Bonchev–Trinajstić information content (AvgIpc) is 3.50. The molecule has 0 spiro atoms. The number of fused-ring (bicyclic) bond motifs is 1. The molecule has 29 heavy (non-hydrogen) atoms. The number of thioether (sulfide) groups is 1. The normalized spacial score (nSPS) is 13.4. The highest BCUT2D eigenvalue weighted by atomic mass is 32.2. The summed E-state index contributed by atoms with van der Waals surface area (Å²) < 4.78 is 4.04. The fourth-order valence-corrected chi connectivity index (χ4v) is 4.62. The second-order valence-electron chi connectivity index (χ2n) is 6.80. The van der Waals surface area contributed by atoms with E-state index in [1.807, 2.05) is 58.7 Å². The number of hydrogen-bond acceptors (Lipinski definition) is 5. The third-order valence-corrected chi connectivity index (χ3v) is 6.24. The number of aromatic nitrogens is 4. The molecule has 150 valence electrons. The minimum absolute atomic E-state index is 0.00804. The lowest BCUT2D eigenvalue weighted by Gasteiger charge is -2.21. The van der Waals surface area contributed by atoms with E-state index in [-0.39, 0.29) is 18.0 Å². The van der Waals surface area contributed by atoms with Gasteiger partial charge in [0.05, 0.1) is 18.5 Å². The van der Waals surface area contributed by atoms with Crippen molar-refractivity contribution in [1.82, 2.24) is 24.5 Å². The Balaban J connectivity index is 1.54. The molecule has 0 radical (unpaired) electrons. The number of thiophene rings is 1. The third kappa shape index (κ3) is 4.54. The van der Waals surface area contributed by atoms with E-state index in [0.29, 0.717) is 6.42 Å². The van der Waals surface area contributed by atoms with Gasteiger partial charge in [-0.1, -0.05) is 6.07 Å². The summed E-state index contributed by atoms with van der Waals surface area (Å²) in [5.41, 5.74) is 1.93. The van der Waals surface area contributed by atoms with Crippen molar-refractivity contribution in [3.05, 3.63) is 77.1 Å². The summed E-state index contributed by atoms with van der Waals surface area (Å²) in [5, 5.41) is 16.0. The maximum Gasteiger partial charge on any atom is 0.223 e. The molecule has 0 aliphatic rings. The Bertz CT molecular complexity index is 1010. The molecule has 4 aromatic heterocycles. The number of pyridine rings is 1. The Morgan fingerprint density at radius 3 is 2.76 bits per heavy atom. The van der Waals surface area contributed by atoms with Crippen LogP contribution in [0.1, 0.15) is 36.3 Å². The molecule has 0 aliphatic carbocycles. The summed E-state index contributed by atoms with van der Waals surface area (Å²) in [4.78, 5) is 13.1. The quantitative estimate of drug-likeness (QED) is 0.437. The SMILES string of the molecule is CSCC[C@@H](NC(=O)C[C@@H](c1ccsc1)n1cccc1)c1nnc2ccccn12. The highest BCUT2D eigenvalue weighted by Gasteiger charge is 2.23. The van der Waals surface area contributed by atoms with Crippen LogP contribution in [0.2, 0.25) is 0 Å². The first kappa shape index (κ1) is 19.7. The second kappa shape index (κ2) is 9.28. The third-order valence-electron chi connectivity index (χ3n) is 4.89. The molecule has 4 rings (SSSR count). The summed E-state index contributed by atoms with van der Waals surface area (Å²) in [7, 11) is 0. The second-order valence-corrected chi connectivity index (χ2v) is 8.56. The molecule has 0 saturated carbocycles. The van der Waals surface area contributed by atoms with E-state index in [1.54, 1.807) is 23.1 Å². The van der Waals surface area contributed by atoms with Crippen molar-refractivity contribution in [2.45, 2.75) is 24.9 Å². The van der Waals surface area contributed by atoms with Gasteiger partial charge in [0.2, 0.25) is 5.91 Å². The molecular weight excluding hydrogens is 402 g/mol. The number of carbonyl (C=O) groups excluding carboxylic acids is 1. The van der Waals surface area contributed by atoms with E-state index in [9.17, 15) is 4.79 Å². The fourth-order valence-electron chi connectivity index (χ4n) is 3.44. The number of carbonyl (C=O) groups is 1. The van der Waals surface area contributed by atoms with Crippen molar-refractivity contribution in [3.63, 3.8) is 0 Å². The van der Waals surface area contributed by atoms with Crippen LogP contribution in [0.15, 0.2) is 65.7 Å². The van der Waals surface area contributed by atoms with Gasteiger partial charge in [-0.2, -0.15) is 23.1 Å². The van der Waals surface area contributed by atoms with Gasteiger partial charge in [-0.3, -0.25) is 9.20 Å². The van der Waals surface area contributed by atoms with Crippen molar-refractivity contribution in [3.8, 4) is 0 Å². The van der Waals surface area contributed by atoms with Crippen molar-refractivity contribution >= 4 is 34.7 Å². The summed E-state index contributed by atoms with van der Waals surface area (Å²) in [6.45, 7) is 0. The Morgan fingerprint density at radius 2 is 2.00 bits per heavy atom. The van der Waals surface area contributed by atoms with Gasteiger partial charge in [-0.15, -0.1) is 10.2 Å². The Kier molecular flexibility index (Phi) is 6.31. The first-order valence-corrected chi connectivity index (χ1v) is 11.8. The monoisotopic (exact) mass is 425 g/mol. The van der Waals surface area contributed by atoms with Crippen molar-refractivity contribution < 1.29 is 4.79 Å². The Hall–Kier alpha value is -2.58. The molecule has 8 heteroatoms. The van der Waals surface area contributed by atoms with E-state index in [4.69, 9.17) is 0 Å². The molecule has 0 saturated heterocycles. The van der Waals surface area contributed by atoms with Gasteiger partial charge in [-0.05, 0) is 65.1 Å². The zero-order valence-electron chi connectivity index (χ0n) is 16.1. The summed E-state index contributed by atoms with van der Waals surface area (Å²) in [6.07, 6.45) is 9.20. The average molecular weight is 426 g/mol. The number of amides is 1. The van der Waals surface area contributed by atoms with Crippen LogP contribution in [0.3, 0.4) is 0 Å². The highest BCUT2D eigenvalue weighted by Crippen LogP contribution is 2.25. The van der Waals surface area contributed by atoms with Gasteiger partial charge in [0.1, 0.15) is 0 Å². The molecule has 0 fully saturated rings. The molecule has 0 aromatic carbocycles. The van der Waals surface area contributed by atoms with Crippen LogP contribution < -0.4 is 5.32 Å². The standard InChI is InChI=1S/C21H23N5OS2/c1-28-12-8-17(21-24-23-19-6-2-3-11-26(19)21)22-20(27)14-18(16-7-13-29-15-16)25-9-4-5-10-25/h2-7,9-11,13,15,17-18H,8,12,14H2,1H3,(H,22,27)/t17-,18+/m1/s1. The molecule has 1 amide bonds. The van der Waals surface area contributed by atoms with Gasteiger partial charge in [0.15, 0.2) is 11.5 Å². The van der Waals surface area contributed by atoms with Crippen LogP contribution in [0.5, 0.6) is 0 Å². The molecule has 0 bridgehead atoms. The van der Waals surface area contributed by atoms with Gasteiger partial charge in [0, 0.05) is 18.6 Å². The van der Waals surface area contributed by atoms with Crippen molar-refractivity contribution in [2.75, 3.05) is 12.0 Å². The maximum absolute atomic E-state index is 13.1. The molecule has 2 atom stereocenters. The molecule has 0 aliphatic heterocycles. The van der Waals surface area contributed by atoms with E-state index >= 15 is 0 Å². The lowest BCUT2D eigenvalue weighted by Crippen LogP contribution is -2.32. The first-order valence-electron chi connectivity index (χ1n) is 9.49. The molecule has 1 N–H and O–H groups in total. The number of hydrogen-bond donors (Lipinski definition) is 1. The van der Waals surface area contributed by atoms with Crippen LogP contribution in [-0.2, 0) is 4.79 Å². The highest BCUT2D eigenvalue weighted by molar-refractivity contribution is 7.98. The predicted molar refractivity (Wildman–Crippen MR) is 118 cm³/mol. The van der Waals surface area contributed by atoms with Crippen LogP contribution in [0.4, 0.5) is 0 Å². The number of nitrogens with zero attached hydrogens (tertiary/aromatic N) is 4. The largest absolute Gasteiger partial charge is 0.346 e. The minimum atomic E-state index is -0.180. The van der Waals surface area contributed by atoms with E-state index in [0.717, 1.165) is 29.2 Å². The fraction of sp³-hybridized carbons (Fsp3) is 0.286. The van der Waals surface area contributed by atoms with Crippen molar-refractivity contribution in [2.24, 2.45) is 0 Å². The summed E-state index contributed by atoms with van der Waals surface area (Å²) >= 11 is 3.41. The van der Waals surface area contributed by atoms with Crippen LogP contribution in [0, 0.1) is 0 Å². The smallest absolute Gasteiger partial charge is 0.223 e. The minimum Gasteiger partial charge on any atom is -0.346 e. The number of rotatable bonds is 9. The molecule has 4 heterocycles. The van der Waals surface area contributed by atoms with Crippen LogP contribution in [0.25, 0.3) is 5.65 Å². The van der Waals surface area contributed by atoms with Gasteiger partial charge >= 0.3 is 0 Å². The number of nitrogens with one attached hydrogen (secondary N) is 1. The zero-order valence-corrected chi connectivity index (χ0v) is 17.8. The summed E-state index contributed by atoms with van der Waals surface area (Å²) in [5.74, 6) is 1.71. The topological polar surface area (TPSA) is 64.2 Å². The predicted octanol–water partition coefficient (Wildman–Crippen LogP) is 4.18. The van der Waals surface area contributed by atoms with E-state index < -0.39 is 0 Å². The molecule has 6 nitrogen and oxygen atoms in total. The van der Waals surface area contributed by atoms with Crippen LogP contribution >= 0.6 is 23.1 Å². The van der Waals surface area contributed by atoms with Gasteiger partial charge in [-0.25, -0.2) is 0 Å². The first-order chi connectivity index (χ1) is 14.3. The van der Waals surface area contributed by atoms with E-state index in [2.05, 4.69) is 37.8 Å². The molecule has 4 aromatic rings. The zero-order chi connectivity index (χ0) is 20.1. The lowest BCUT2D eigenvalue weighted by molar-refractivity contribution is -0.122. The molecular formula is C21H23N5OS2. The van der Waals surface area contributed by atoms with E-state index in [1.165, 1.54) is 0 Å². The van der Waals surface area contributed by atoms with Gasteiger partial charge < -0.3 is 9.88 Å². The van der Waals surface area contributed by atoms with Crippen LogP contribution in [-0.4, -0.2) is 37.1 Å². The van der Waals surface area contributed by atoms with Gasteiger partial charge in [0.25, 0.3) is 0 Å². The Morgan fingerprint density at radius 1 is 1.17 bits per heavy atom. The Labute approximate surface area is 178 Å². The maximum atomic E-state index is 13.1. The molecule has 0 unspecified atom stereocenters. The summed E-state index contributed by atoms with van der Waals surface area (Å²) in [6, 6.07) is 11.7. The lowest BCUT2D eigenvalue weighted by atomic mass is 10.1.